The fourth-order valence-electron chi connectivity index (χ4n) is 0.770. The van der Waals surface area contributed by atoms with Gasteiger partial charge in [-0.2, -0.15) is 0 Å². The van der Waals surface area contributed by atoms with Gasteiger partial charge >= 0.3 is 5.97 Å². The topological polar surface area (TPSA) is 52.3 Å². The van der Waals surface area contributed by atoms with Gasteiger partial charge in [-0.3, -0.25) is 4.79 Å². The maximum absolute atomic E-state index is 11.1. The number of carbonyl (C=O) groups is 1. The fraction of sp³-hybridized carbons (Fsp3) is 0.300. The molecule has 0 radical (unpaired) electrons. The monoisotopic (exact) mass is 179 g/mol. The standard InChI is InChI=1S/C10H13NO2/c1-7(2)10(12)13-9-5-3-8(11)4-6-9/h3-7H,11H2,1-2H3. The summed E-state index contributed by atoms with van der Waals surface area (Å²) < 4.78 is 5.04. The third kappa shape index (κ3) is 2.78. The van der Waals surface area contributed by atoms with Gasteiger partial charge in [0.15, 0.2) is 0 Å². The predicted molar refractivity (Wildman–Crippen MR) is 51.3 cm³/mol. The molecule has 0 bridgehead atoms. The second-order valence-corrected chi connectivity index (χ2v) is 3.14. The molecule has 0 aromatic heterocycles. The third-order valence-corrected chi connectivity index (χ3v) is 1.57. The third-order valence-electron chi connectivity index (χ3n) is 1.57. The molecule has 3 heteroatoms. The van der Waals surface area contributed by atoms with Gasteiger partial charge in [-0.25, -0.2) is 0 Å². The summed E-state index contributed by atoms with van der Waals surface area (Å²) in [5, 5.41) is 0. The van der Waals surface area contributed by atoms with Crippen molar-refractivity contribution in [3.8, 4) is 5.75 Å². The molecule has 1 rings (SSSR count). The summed E-state index contributed by atoms with van der Waals surface area (Å²) in [6.07, 6.45) is 0. The maximum Gasteiger partial charge on any atom is 0.313 e. The minimum Gasteiger partial charge on any atom is -0.426 e. The van der Waals surface area contributed by atoms with Crippen LogP contribution in [0.2, 0.25) is 0 Å². The normalized spacial score (nSPS) is 10.1. The van der Waals surface area contributed by atoms with Crippen molar-refractivity contribution >= 4 is 11.7 Å². The summed E-state index contributed by atoms with van der Waals surface area (Å²) in [5.74, 6) is 0.190. The van der Waals surface area contributed by atoms with E-state index < -0.39 is 0 Å². The van der Waals surface area contributed by atoms with E-state index in [9.17, 15) is 4.79 Å². The Hall–Kier alpha value is -1.51. The van der Waals surface area contributed by atoms with Crippen molar-refractivity contribution in [2.45, 2.75) is 13.8 Å². The van der Waals surface area contributed by atoms with Crippen LogP contribution in [0.15, 0.2) is 24.3 Å². The molecule has 13 heavy (non-hydrogen) atoms. The quantitative estimate of drug-likeness (QED) is 0.428. The molecule has 0 atom stereocenters. The largest absolute Gasteiger partial charge is 0.426 e. The number of rotatable bonds is 2. The molecule has 0 amide bonds. The van der Waals surface area contributed by atoms with Crippen LogP contribution >= 0.6 is 0 Å². The zero-order chi connectivity index (χ0) is 9.84. The Morgan fingerprint density at radius 2 is 1.85 bits per heavy atom. The highest BCUT2D eigenvalue weighted by Gasteiger charge is 2.08. The van der Waals surface area contributed by atoms with Gasteiger partial charge in [0, 0.05) is 5.69 Å². The van der Waals surface area contributed by atoms with E-state index >= 15 is 0 Å². The molecule has 2 N–H and O–H groups in total. The molecule has 0 fully saturated rings. The molecule has 0 saturated heterocycles. The summed E-state index contributed by atoms with van der Waals surface area (Å²) in [6.45, 7) is 3.58. The maximum atomic E-state index is 11.1. The molecule has 0 aliphatic carbocycles. The Kier molecular flexibility index (Phi) is 2.90. The van der Waals surface area contributed by atoms with Gasteiger partial charge in [-0.05, 0) is 24.3 Å². The van der Waals surface area contributed by atoms with Crippen molar-refractivity contribution in [2.24, 2.45) is 5.92 Å². The number of hydrogen-bond acceptors (Lipinski definition) is 3. The molecule has 0 unspecified atom stereocenters. The van der Waals surface area contributed by atoms with Crippen molar-refractivity contribution in [1.29, 1.82) is 0 Å². The van der Waals surface area contributed by atoms with Crippen LogP contribution in [0.3, 0.4) is 0 Å². The first-order valence-corrected chi connectivity index (χ1v) is 4.17. The SMILES string of the molecule is CC(C)C(=O)Oc1ccc(N)cc1. The second-order valence-electron chi connectivity index (χ2n) is 3.14. The molecular weight excluding hydrogens is 166 g/mol. The molecule has 0 spiro atoms. The average molecular weight is 179 g/mol. The van der Waals surface area contributed by atoms with Crippen LogP contribution in [-0.2, 0) is 4.79 Å². The summed E-state index contributed by atoms with van der Waals surface area (Å²) in [6, 6.07) is 6.75. The molecule has 0 saturated carbocycles. The lowest BCUT2D eigenvalue weighted by Gasteiger charge is -2.06. The number of hydrogen-bond donors (Lipinski definition) is 1. The van der Waals surface area contributed by atoms with Gasteiger partial charge in [-0.15, -0.1) is 0 Å². The van der Waals surface area contributed by atoms with E-state index in [0.29, 0.717) is 11.4 Å². The summed E-state index contributed by atoms with van der Waals surface area (Å²) in [4.78, 5) is 11.1. The number of benzene rings is 1. The van der Waals surface area contributed by atoms with Crippen molar-refractivity contribution < 1.29 is 9.53 Å². The molecule has 1 aromatic rings. The van der Waals surface area contributed by atoms with E-state index in [4.69, 9.17) is 10.5 Å². The highest BCUT2D eigenvalue weighted by atomic mass is 16.5. The van der Waals surface area contributed by atoms with Crippen LogP contribution in [0.5, 0.6) is 5.75 Å². The van der Waals surface area contributed by atoms with Gasteiger partial charge in [-0.1, -0.05) is 13.8 Å². The van der Waals surface area contributed by atoms with Crippen LogP contribution < -0.4 is 10.5 Å². The van der Waals surface area contributed by atoms with Crippen molar-refractivity contribution in [3.63, 3.8) is 0 Å². The Balaban J connectivity index is 2.65. The van der Waals surface area contributed by atoms with E-state index in [2.05, 4.69) is 0 Å². The highest BCUT2D eigenvalue weighted by Crippen LogP contribution is 2.14. The van der Waals surface area contributed by atoms with E-state index in [1.807, 2.05) is 0 Å². The number of esters is 1. The zero-order valence-corrected chi connectivity index (χ0v) is 7.78. The van der Waals surface area contributed by atoms with Gasteiger partial charge < -0.3 is 10.5 Å². The molecule has 0 aliphatic rings. The Morgan fingerprint density at radius 3 is 2.31 bits per heavy atom. The van der Waals surface area contributed by atoms with Crippen LogP contribution in [-0.4, -0.2) is 5.97 Å². The Labute approximate surface area is 77.5 Å². The minimum absolute atomic E-state index is 0.113. The first kappa shape index (κ1) is 9.58. The number of ether oxygens (including phenoxy) is 1. The van der Waals surface area contributed by atoms with Crippen LogP contribution in [0.1, 0.15) is 13.8 Å². The first-order chi connectivity index (χ1) is 6.09. The van der Waals surface area contributed by atoms with E-state index in [1.54, 1.807) is 38.1 Å². The second kappa shape index (κ2) is 3.94. The van der Waals surface area contributed by atoms with Crippen molar-refractivity contribution in [1.82, 2.24) is 0 Å². The van der Waals surface area contributed by atoms with Gasteiger partial charge in [0.2, 0.25) is 0 Å². The van der Waals surface area contributed by atoms with Crippen LogP contribution in [0, 0.1) is 5.92 Å². The van der Waals surface area contributed by atoms with Crippen molar-refractivity contribution in [3.05, 3.63) is 24.3 Å². The average Bonchev–Trinajstić information content (AvgIpc) is 2.08. The number of nitrogen functional groups attached to an aromatic ring is 1. The highest BCUT2D eigenvalue weighted by molar-refractivity contribution is 5.74. The minimum atomic E-state index is -0.232. The summed E-state index contributed by atoms with van der Waals surface area (Å²) >= 11 is 0. The molecule has 0 heterocycles. The fourth-order valence-corrected chi connectivity index (χ4v) is 0.770. The molecule has 3 nitrogen and oxygen atoms in total. The van der Waals surface area contributed by atoms with Crippen LogP contribution in [0.4, 0.5) is 5.69 Å². The lowest BCUT2D eigenvalue weighted by molar-refractivity contribution is -0.137. The van der Waals surface area contributed by atoms with E-state index in [1.165, 1.54) is 0 Å². The van der Waals surface area contributed by atoms with Gasteiger partial charge in [0.1, 0.15) is 5.75 Å². The van der Waals surface area contributed by atoms with E-state index in [-0.39, 0.29) is 11.9 Å². The number of carbonyl (C=O) groups excluding carboxylic acids is 1. The van der Waals surface area contributed by atoms with Gasteiger partial charge in [0.05, 0.1) is 5.92 Å². The smallest absolute Gasteiger partial charge is 0.313 e. The summed E-state index contributed by atoms with van der Waals surface area (Å²) in [5.41, 5.74) is 6.13. The summed E-state index contributed by atoms with van der Waals surface area (Å²) in [7, 11) is 0. The zero-order valence-electron chi connectivity index (χ0n) is 7.78. The molecular formula is C10H13NO2. The first-order valence-electron chi connectivity index (χ1n) is 4.17. The molecule has 1 aromatic carbocycles. The predicted octanol–water partition coefficient (Wildman–Crippen LogP) is 1.83. The van der Waals surface area contributed by atoms with Crippen LogP contribution in [0.25, 0.3) is 0 Å². The lowest BCUT2D eigenvalue weighted by atomic mass is 10.2. The number of anilines is 1. The Bertz CT molecular complexity index is 290. The van der Waals surface area contributed by atoms with Gasteiger partial charge in [0.25, 0.3) is 0 Å². The molecule has 70 valence electrons. The number of nitrogens with two attached hydrogens (primary N) is 1. The molecule has 0 aliphatic heterocycles. The van der Waals surface area contributed by atoms with E-state index in [0.717, 1.165) is 0 Å². The van der Waals surface area contributed by atoms with Crippen molar-refractivity contribution in [2.75, 3.05) is 5.73 Å². The Morgan fingerprint density at radius 1 is 1.31 bits per heavy atom. The lowest BCUT2D eigenvalue weighted by Crippen LogP contribution is -2.14.